The lowest BCUT2D eigenvalue weighted by Crippen LogP contribution is -1.88. The molecule has 72 valence electrons. The molecule has 0 saturated carbocycles. The van der Waals surface area contributed by atoms with Crippen LogP contribution in [-0.2, 0) is 11.3 Å². The van der Waals surface area contributed by atoms with Crippen molar-refractivity contribution < 1.29 is 9.13 Å². The van der Waals surface area contributed by atoms with Crippen LogP contribution < -0.4 is 0 Å². The zero-order chi connectivity index (χ0) is 9.84. The van der Waals surface area contributed by atoms with Gasteiger partial charge >= 0.3 is 0 Å². The Morgan fingerprint density at radius 1 is 1.38 bits per heavy atom. The van der Waals surface area contributed by atoms with Crippen molar-refractivity contribution in [1.82, 2.24) is 0 Å². The third kappa shape index (κ3) is 1.89. The second-order valence-corrected chi connectivity index (χ2v) is 2.76. The molecule has 1 unspecified atom stereocenters. The lowest BCUT2D eigenvalue weighted by molar-refractivity contribution is 0.0788. The van der Waals surface area contributed by atoms with E-state index in [1.807, 2.05) is 26.8 Å². The Kier molecular flexibility index (Phi) is 3.43. The summed E-state index contributed by atoms with van der Waals surface area (Å²) in [7, 11) is 0. The molecule has 0 radical (unpaired) electrons. The van der Waals surface area contributed by atoms with E-state index < -0.39 is 0 Å². The molecule has 1 heterocycles. The first-order valence-corrected chi connectivity index (χ1v) is 4.68. The maximum atomic E-state index is 13.0. The quantitative estimate of drug-likeness (QED) is 0.597. The van der Waals surface area contributed by atoms with Crippen molar-refractivity contribution in [3.63, 3.8) is 0 Å². The van der Waals surface area contributed by atoms with Crippen molar-refractivity contribution >= 4 is 0 Å². The van der Waals surface area contributed by atoms with Crippen molar-refractivity contribution in [2.24, 2.45) is 0 Å². The predicted molar refractivity (Wildman–Crippen MR) is 51.0 cm³/mol. The predicted octanol–water partition coefficient (Wildman–Crippen LogP) is 3.44. The topological polar surface area (TPSA) is 9.23 Å². The maximum absolute atomic E-state index is 13.0. The van der Waals surface area contributed by atoms with Crippen LogP contribution >= 0.6 is 0 Å². The van der Waals surface area contributed by atoms with Crippen LogP contribution in [0.4, 0.5) is 4.39 Å². The molecule has 0 aliphatic carbocycles. The number of rotatable bonds is 0. The second-order valence-electron chi connectivity index (χ2n) is 2.76. The summed E-state index contributed by atoms with van der Waals surface area (Å²) in [4.78, 5) is 0. The smallest absolute Gasteiger partial charge is 0.129 e. The van der Waals surface area contributed by atoms with Gasteiger partial charge in [0.05, 0.1) is 12.7 Å². The molecule has 0 saturated heterocycles. The summed E-state index contributed by atoms with van der Waals surface area (Å²) < 4.78 is 18.2. The van der Waals surface area contributed by atoms with Crippen LogP contribution in [0.25, 0.3) is 0 Å². The molecule has 0 spiro atoms. The third-order valence-corrected chi connectivity index (χ3v) is 2.07. The summed E-state index contributed by atoms with van der Waals surface area (Å²) in [6.45, 7) is 6.36. The highest BCUT2D eigenvalue weighted by Crippen LogP contribution is 2.31. The van der Waals surface area contributed by atoms with Gasteiger partial charge in [0.1, 0.15) is 5.82 Å². The summed E-state index contributed by atoms with van der Waals surface area (Å²) in [5, 5.41) is 0. The van der Waals surface area contributed by atoms with Crippen LogP contribution in [0, 0.1) is 5.82 Å². The van der Waals surface area contributed by atoms with Crippen LogP contribution in [0.2, 0.25) is 0 Å². The van der Waals surface area contributed by atoms with E-state index in [2.05, 4.69) is 0 Å². The van der Waals surface area contributed by atoms with Gasteiger partial charge in [0.2, 0.25) is 0 Å². The van der Waals surface area contributed by atoms with Gasteiger partial charge in [0.15, 0.2) is 0 Å². The SMILES string of the molecule is CC.CC1OCc2c(F)cccc21. The highest BCUT2D eigenvalue weighted by Gasteiger charge is 2.21. The standard InChI is InChI=1S/C9H9FO.C2H6/c1-6-7-3-2-4-9(10)8(7)5-11-6;1-2/h2-4,6H,5H2,1H3;1-2H3. The largest absolute Gasteiger partial charge is 0.369 e. The molecule has 0 aromatic heterocycles. The molecule has 0 amide bonds. The Balaban J connectivity index is 0.000000396. The van der Waals surface area contributed by atoms with Gasteiger partial charge in [-0.05, 0) is 18.6 Å². The molecule has 1 aliphatic rings. The van der Waals surface area contributed by atoms with Gasteiger partial charge < -0.3 is 4.74 Å². The van der Waals surface area contributed by atoms with E-state index in [0.717, 1.165) is 11.1 Å². The van der Waals surface area contributed by atoms with Gasteiger partial charge in [-0.2, -0.15) is 0 Å². The molecule has 0 fully saturated rings. The monoisotopic (exact) mass is 182 g/mol. The minimum absolute atomic E-state index is 0.0562. The van der Waals surface area contributed by atoms with Crippen LogP contribution in [0.5, 0.6) is 0 Å². The van der Waals surface area contributed by atoms with Gasteiger partial charge in [0.25, 0.3) is 0 Å². The molecular formula is C11H15FO. The Morgan fingerprint density at radius 2 is 2.08 bits per heavy atom. The number of hydrogen-bond donors (Lipinski definition) is 0. The van der Waals surface area contributed by atoms with Crippen LogP contribution in [0.1, 0.15) is 38.0 Å². The lowest BCUT2D eigenvalue weighted by Gasteiger charge is -2.01. The molecule has 1 aromatic rings. The average Bonchev–Trinajstić information content (AvgIpc) is 2.53. The summed E-state index contributed by atoms with van der Waals surface area (Å²) in [6.07, 6.45) is 0.0562. The number of hydrogen-bond acceptors (Lipinski definition) is 1. The fourth-order valence-electron chi connectivity index (χ4n) is 1.41. The summed E-state index contributed by atoms with van der Waals surface area (Å²) in [6, 6.07) is 5.11. The van der Waals surface area contributed by atoms with Crippen molar-refractivity contribution in [2.75, 3.05) is 0 Å². The fourth-order valence-corrected chi connectivity index (χ4v) is 1.41. The highest BCUT2D eigenvalue weighted by atomic mass is 19.1. The van der Waals surface area contributed by atoms with Crippen LogP contribution in [-0.4, -0.2) is 0 Å². The van der Waals surface area contributed by atoms with E-state index in [1.165, 1.54) is 6.07 Å². The van der Waals surface area contributed by atoms with Gasteiger partial charge in [-0.3, -0.25) is 0 Å². The highest BCUT2D eigenvalue weighted by molar-refractivity contribution is 5.32. The summed E-state index contributed by atoms with van der Waals surface area (Å²) in [5.74, 6) is -0.146. The molecule has 0 N–H and O–H groups in total. The molecule has 2 heteroatoms. The van der Waals surface area contributed by atoms with E-state index >= 15 is 0 Å². The number of benzene rings is 1. The van der Waals surface area contributed by atoms with Gasteiger partial charge in [0, 0.05) is 5.56 Å². The molecule has 1 aromatic carbocycles. The van der Waals surface area contributed by atoms with Gasteiger partial charge in [-0.25, -0.2) is 4.39 Å². The summed E-state index contributed by atoms with van der Waals surface area (Å²) in [5.41, 5.74) is 1.71. The van der Waals surface area contributed by atoms with E-state index in [-0.39, 0.29) is 11.9 Å². The molecule has 1 aliphatic heterocycles. The zero-order valence-corrected chi connectivity index (χ0v) is 8.30. The average molecular weight is 182 g/mol. The molecule has 1 nitrogen and oxygen atoms in total. The number of halogens is 1. The Bertz CT molecular complexity index is 283. The van der Waals surface area contributed by atoms with Crippen molar-refractivity contribution in [3.05, 3.63) is 35.1 Å². The minimum Gasteiger partial charge on any atom is -0.369 e. The zero-order valence-electron chi connectivity index (χ0n) is 8.30. The van der Waals surface area contributed by atoms with E-state index in [1.54, 1.807) is 6.07 Å². The fraction of sp³-hybridized carbons (Fsp3) is 0.455. The van der Waals surface area contributed by atoms with Crippen molar-refractivity contribution in [3.8, 4) is 0 Å². The molecule has 0 bridgehead atoms. The van der Waals surface area contributed by atoms with Gasteiger partial charge in [-0.15, -0.1) is 0 Å². The minimum atomic E-state index is -0.146. The third-order valence-electron chi connectivity index (χ3n) is 2.07. The normalized spacial score (nSPS) is 18.9. The van der Waals surface area contributed by atoms with E-state index in [0.29, 0.717) is 6.61 Å². The Hall–Kier alpha value is -0.890. The molecule has 1 atom stereocenters. The number of ether oxygens (including phenoxy) is 1. The van der Waals surface area contributed by atoms with Gasteiger partial charge in [-0.1, -0.05) is 26.0 Å². The molecule has 2 rings (SSSR count). The Labute approximate surface area is 78.5 Å². The first-order chi connectivity index (χ1) is 6.29. The first-order valence-electron chi connectivity index (χ1n) is 4.68. The maximum Gasteiger partial charge on any atom is 0.129 e. The molecule has 13 heavy (non-hydrogen) atoms. The van der Waals surface area contributed by atoms with Crippen molar-refractivity contribution in [2.45, 2.75) is 33.5 Å². The summed E-state index contributed by atoms with van der Waals surface area (Å²) >= 11 is 0. The van der Waals surface area contributed by atoms with E-state index in [9.17, 15) is 4.39 Å². The molecular weight excluding hydrogens is 167 g/mol. The van der Waals surface area contributed by atoms with Crippen LogP contribution in [0.3, 0.4) is 0 Å². The van der Waals surface area contributed by atoms with Crippen molar-refractivity contribution in [1.29, 1.82) is 0 Å². The second kappa shape index (κ2) is 4.38. The van der Waals surface area contributed by atoms with Crippen LogP contribution in [0.15, 0.2) is 18.2 Å². The first kappa shape index (κ1) is 10.2. The van der Waals surface area contributed by atoms with E-state index in [4.69, 9.17) is 4.74 Å². The Morgan fingerprint density at radius 3 is 2.69 bits per heavy atom. The number of fused-ring (bicyclic) bond motifs is 1. The lowest BCUT2D eigenvalue weighted by atomic mass is 10.1.